The van der Waals surface area contributed by atoms with Crippen molar-refractivity contribution in [1.82, 2.24) is 15.1 Å². The third-order valence-corrected chi connectivity index (χ3v) is 4.99. The van der Waals surface area contributed by atoms with Crippen LogP contribution in [0.5, 0.6) is 0 Å². The van der Waals surface area contributed by atoms with Crippen LogP contribution < -0.4 is 5.32 Å². The summed E-state index contributed by atoms with van der Waals surface area (Å²) in [6.07, 6.45) is 2.72. The summed E-state index contributed by atoms with van der Waals surface area (Å²) in [6, 6.07) is 1.51. The third-order valence-electron chi connectivity index (χ3n) is 4.99. The number of nitrogens with zero attached hydrogens (tertiary/aromatic N) is 2. The van der Waals surface area contributed by atoms with E-state index in [1.165, 1.54) is 39.0 Å². The van der Waals surface area contributed by atoms with E-state index in [0.717, 1.165) is 38.3 Å². The molecule has 1 N–H and O–H groups in total. The summed E-state index contributed by atoms with van der Waals surface area (Å²) in [5.41, 5.74) is 0. The minimum atomic E-state index is 0.715. The Morgan fingerprint density at radius 1 is 1.17 bits per heavy atom. The van der Waals surface area contributed by atoms with Gasteiger partial charge in [0.1, 0.15) is 0 Å². The van der Waals surface area contributed by atoms with Gasteiger partial charge in [-0.05, 0) is 38.8 Å². The van der Waals surface area contributed by atoms with Crippen LogP contribution in [0.2, 0.25) is 0 Å². The first kappa shape index (κ1) is 12.9. The maximum absolute atomic E-state index is 5.44. The van der Waals surface area contributed by atoms with Crippen molar-refractivity contribution in [3.05, 3.63) is 0 Å². The summed E-state index contributed by atoms with van der Waals surface area (Å²) < 4.78 is 5.44. The SMILES string of the molecule is CC1NCCC1CN1CCC(N2CCOCC2)C1. The quantitative estimate of drug-likeness (QED) is 0.787. The Bertz CT molecular complexity index is 268. The molecule has 4 heteroatoms. The average molecular weight is 253 g/mol. The fourth-order valence-corrected chi connectivity index (χ4v) is 3.71. The lowest BCUT2D eigenvalue weighted by atomic mass is 10.0. The van der Waals surface area contributed by atoms with E-state index in [4.69, 9.17) is 4.74 Å². The predicted octanol–water partition coefficient (Wildman–Crippen LogP) is 0.391. The molecule has 0 aromatic rings. The minimum absolute atomic E-state index is 0.715. The second-order valence-corrected chi connectivity index (χ2v) is 6.14. The van der Waals surface area contributed by atoms with Crippen molar-refractivity contribution in [3.8, 4) is 0 Å². The number of likely N-dealkylation sites (tertiary alicyclic amines) is 1. The molecule has 3 unspecified atom stereocenters. The van der Waals surface area contributed by atoms with Crippen LogP contribution in [0.4, 0.5) is 0 Å². The van der Waals surface area contributed by atoms with Gasteiger partial charge < -0.3 is 15.0 Å². The molecular weight excluding hydrogens is 226 g/mol. The maximum atomic E-state index is 5.44. The molecule has 3 saturated heterocycles. The fourth-order valence-electron chi connectivity index (χ4n) is 3.71. The second kappa shape index (κ2) is 5.87. The zero-order valence-electron chi connectivity index (χ0n) is 11.6. The Hall–Kier alpha value is -0.160. The maximum Gasteiger partial charge on any atom is 0.0594 e. The number of ether oxygens (including phenoxy) is 1. The molecule has 0 aliphatic carbocycles. The van der Waals surface area contributed by atoms with E-state index in [2.05, 4.69) is 22.0 Å². The first-order valence-corrected chi connectivity index (χ1v) is 7.60. The van der Waals surface area contributed by atoms with Crippen LogP contribution in [-0.2, 0) is 4.74 Å². The van der Waals surface area contributed by atoms with Gasteiger partial charge in [-0.1, -0.05) is 0 Å². The molecule has 0 spiro atoms. The molecule has 3 atom stereocenters. The van der Waals surface area contributed by atoms with Gasteiger partial charge in [-0.2, -0.15) is 0 Å². The summed E-state index contributed by atoms with van der Waals surface area (Å²) in [5.74, 6) is 0.869. The highest BCUT2D eigenvalue weighted by Crippen LogP contribution is 2.22. The summed E-state index contributed by atoms with van der Waals surface area (Å²) in [4.78, 5) is 5.33. The predicted molar refractivity (Wildman–Crippen MR) is 72.8 cm³/mol. The Labute approximate surface area is 111 Å². The van der Waals surface area contributed by atoms with Crippen LogP contribution in [0.15, 0.2) is 0 Å². The van der Waals surface area contributed by atoms with E-state index in [0.29, 0.717) is 6.04 Å². The van der Waals surface area contributed by atoms with E-state index >= 15 is 0 Å². The lowest BCUT2D eigenvalue weighted by molar-refractivity contribution is 0.0182. The number of hydrogen-bond donors (Lipinski definition) is 1. The molecule has 0 radical (unpaired) electrons. The van der Waals surface area contributed by atoms with Gasteiger partial charge in [-0.25, -0.2) is 0 Å². The highest BCUT2D eigenvalue weighted by molar-refractivity contribution is 4.88. The van der Waals surface area contributed by atoms with E-state index in [9.17, 15) is 0 Å². The molecule has 4 nitrogen and oxygen atoms in total. The van der Waals surface area contributed by atoms with E-state index < -0.39 is 0 Å². The Morgan fingerprint density at radius 3 is 2.72 bits per heavy atom. The van der Waals surface area contributed by atoms with Crippen LogP contribution in [0.25, 0.3) is 0 Å². The van der Waals surface area contributed by atoms with Crippen molar-refractivity contribution in [2.24, 2.45) is 5.92 Å². The minimum Gasteiger partial charge on any atom is -0.379 e. The molecule has 0 saturated carbocycles. The van der Waals surface area contributed by atoms with Gasteiger partial charge in [-0.3, -0.25) is 4.90 Å². The van der Waals surface area contributed by atoms with Gasteiger partial charge in [0.25, 0.3) is 0 Å². The summed E-state index contributed by atoms with van der Waals surface area (Å²) in [5, 5.41) is 3.56. The van der Waals surface area contributed by atoms with Crippen molar-refractivity contribution in [2.45, 2.75) is 31.8 Å². The first-order valence-electron chi connectivity index (χ1n) is 7.60. The molecule has 0 bridgehead atoms. The Morgan fingerprint density at radius 2 is 2.00 bits per heavy atom. The molecule has 3 aliphatic rings. The standard InChI is InChI=1S/C14H27N3O/c1-12-13(2-4-15-12)10-16-5-3-14(11-16)17-6-8-18-9-7-17/h12-15H,2-11H2,1H3. The van der Waals surface area contributed by atoms with Crippen molar-refractivity contribution < 1.29 is 4.74 Å². The molecule has 3 rings (SSSR count). The number of hydrogen-bond acceptors (Lipinski definition) is 4. The molecule has 104 valence electrons. The first-order chi connectivity index (χ1) is 8.83. The smallest absolute Gasteiger partial charge is 0.0594 e. The van der Waals surface area contributed by atoms with Crippen molar-refractivity contribution in [2.75, 3.05) is 52.5 Å². The van der Waals surface area contributed by atoms with Crippen LogP contribution >= 0.6 is 0 Å². The molecule has 0 aromatic carbocycles. The third kappa shape index (κ3) is 2.87. The molecule has 0 aromatic heterocycles. The molecule has 3 fully saturated rings. The zero-order valence-corrected chi connectivity index (χ0v) is 11.6. The lowest BCUT2D eigenvalue weighted by Crippen LogP contribution is -2.45. The topological polar surface area (TPSA) is 27.7 Å². The summed E-state index contributed by atoms with van der Waals surface area (Å²) >= 11 is 0. The monoisotopic (exact) mass is 253 g/mol. The molecule has 3 heterocycles. The van der Waals surface area contributed by atoms with Gasteiger partial charge in [0.2, 0.25) is 0 Å². The zero-order chi connectivity index (χ0) is 12.4. The molecular formula is C14H27N3O. The number of morpholine rings is 1. The number of rotatable bonds is 3. The highest BCUT2D eigenvalue weighted by Gasteiger charge is 2.31. The van der Waals surface area contributed by atoms with Gasteiger partial charge in [-0.15, -0.1) is 0 Å². The normalized spacial score (nSPS) is 39.5. The lowest BCUT2D eigenvalue weighted by Gasteiger charge is -2.32. The molecule has 3 aliphatic heterocycles. The molecule has 0 amide bonds. The highest BCUT2D eigenvalue weighted by atomic mass is 16.5. The fraction of sp³-hybridized carbons (Fsp3) is 1.00. The van der Waals surface area contributed by atoms with Crippen molar-refractivity contribution >= 4 is 0 Å². The number of nitrogens with one attached hydrogen (secondary N) is 1. The van der Waals surface area contributed by atoms with Gasteiger partial charge >= 0.3 is 0 Å². The van der Waals surface area contributed by atoms with Crippen LogP contribution in [0, 0.1) is 5.92 Å². The van der Waals surface area contributed by atoms with E-state index in [1.54, 1.807) is 0 Å². The van der Waals surface area contributed by atoms with Crippen molar-refractivity contribution in [1.29, 1.82) is 0 Å². The average Bonchev–Trinajstić information content (AvgIpc) is 3.02. The van der Waals surface area contributed by atoms with Crippen molar-refractivity contribution in [3.63, 3.8) is 0 Å². The van der Waals surface area contributed by atoms with Gasteiger partial charge in [0.15, 0.2) is 0 Å². The van der Waals surface area contributed by atoms with Crippen LogP contribution in [-0.4, -0.2) is 74.4 Å². The van der Waals surface area contributed by atoms with Gasteiger partial charge in [0, 0.05) is 38.3 Å². The largest absolute Gasteiger partial charge is 0.379 e. The summed E-state index contributed by atoms with van der Waals surface area (Å²) in [6.45, 7) is 11.6. The summed E-state index contributed by atoms with van der Waals surface area (Å²) in [7, 11) is 0. The van der Waals surface area contributed by atoms with Crippen LogP contribution in [0.3, 0.4) is 0 Å². The van der Waals surface area contributed by atoms with E-state index in [-0.39, 0.29) is 0 Å². The van der Waals surface area contributed by atoms with E-state index in [1.807, 2.05) is 0 Å². The second-order valence-electron chi connectivity index (χ2n) is 6.14. The molecule has 18 heavy (non-hydrogen) atoms. The van der Waals surface area contributed by atoms with Gasteiger partial charge in [0.05, 0.1) is 13.2 Å². The Kier molecular flexibility index (Phi) is 4.19. The Balaban J connectivity index is 1.46. The van der Waals surface area contributed by atoms with Crippen LogP contribution in [0.1, 0.15) is 19.8 Å².